The first kappa shape index (κ1) is 14.8. The Balaban J connectivity index is 1.35. The quantitative estimate of drug-likeness (QED) is 0.741. The van der Waals surface area contributed by atoms with Crippen molar-refractivity contribution in [3.63, 3.8) is 0 Å². The molecule has 4 rings (SSSR count). The fourth-order valence-electron chi connectivity index (χ4n) is 2.77. The molecule has 23 heavy (non-hydrogen) atoms. The van der Waals surface area contributed by atoms with Crippen molar-refractivity contribution in [1.82, 2.24) is 10.3 Å². The van der Waals surface area contributed by atoms with Crippen molar-refractivity contribution in [3.05, 3.63) is 15.6 Å². The van der Waals surface area contributed by atoms with E-state index in [1.807, 2.05) is 0 Å². The van der Waals surface area contributed by atoms with Gasteiger partial charge in [0.15, 0.2) is 5.66 Å². The van der Waals surface area contributed by atoms with Crippen molar-refractivity contribution in [2.45, 2.75) is 62.4 Å². The number of amides is 1. The number of thiazole rings is 1. The Bertz CT molecular complexity index is 688. The predicted octanol–water partition coefficient (Wildman–Crippen LogP) is 3.59. The van der Waals surface area contributed by atoms with Crippen LogP contribution in [0, 0.1) is 12.3 Å². The number of aromatic nitrogens is 1. The highest BCUT2D eigenvalue weighted by Gasteiger charge is 2.39. The number of carbonyl (C=O) groups is 1. The second-order valence-corrected chi connectivity index (χ2v) is 7.74. The van der Waals surface area contributed by atoms with Crippen molar-refractivity contribution in [2.75, 3.05) is 6.54 Å². The highest BCUT2D eigenvalue weighted by Crippen LogP contribution is 2.47. The van der Waals surface area contributed by atoms with Crippen molar-refractivity contribution < 1.29 is 4.79 Å². The molecule has 1 aromatic heterocycles. The SMILES string of the molecule is C#CCCC1(CCNC(=O)c2sc(C3CC3)nc2C2CC2)N=N1. The lowest BCUT2D eigenvalue weighted by molar-refractivity contribution is 0.0955. The van der Waals surface area contributed by atoms with Crippen molar-refractivity contribution in [3.8, 4) is 12.3 Å². The van der Waals surface area contributed by atoms with E-state index in [1.165, 1.54) is 25.7 Å². The summed E-state index contributed by atoms with van der Waals surface area (Å²) in [6, 6.07) is 0. The Morgan fingerprint density at radius 1 is 1.26 bits per heavy atom. The Kier molecular flexibility index (Phi) is 3.68. The first-order chi connectivity index (χ1) is 11.2. The van der Waals surface area contributed by atoms with Crippen LogP contribution in [0.2, 0.25) is 0 Å². The minimum atomic E-state index is -0.328. The maximum Gasteiger partial charge on any atom is 0.263 e. The summed E-state index contributed by atoms with van der Waals surface area (Å²) in [6.45, 7) is 0.581. The summed E-state index contributed by atoms with van der Waals surface area (Å²) < 4.78 is 0. The first-order valence-corrected chi connectivity index (χ1v) is 9.19. The van der Waals surface area contributed by atoms with Crippen LogP contribution in [-0.2, 0) is 0 Å². The van der Waals surface area contributed by atoms with E-state index in [1.54, 1.807) is 11.3 Å². The van der Waals surface area contributed by atoms with Gasteiger partial charge in [-0.2, -0.15) is 10.2 Å². The molecule has 5 nitrogen and oxygen atoms in total. The number of hydrogen-bond acceptors (Lipinski definition) is 5. The summed E-state index contributed by atoms with van der Waals surface area (Å²) in [5.41, 5.74) is 0.712. The van der Waals surface area contributed by atoms with Gasteiger partial charge in [-0.15, -0.1) is 23.7 Å². The summed E-state index contributed by atoms with van der Waals surface area (Å²) >= 11 is 1.60. The zero-order chi connectivity index (χ0) is 15.9. The molecular weight excluding hydrogens is 308 g/mol. The molecule has 0 radical (unpaired) electrons. The maximum atomic E-state index is 12.5. The molecule has 120 valence electrons. The topological polar surface area (TPSA) is 66.7 Å². The molecule has 0 unspecified atom stereocenters. The molecule has 2 heterocycles. The van der Waals surface area contributed by atoms with Crippen molar-refractivity contribution in [2.24, 2.45) is 10.2 Å². The number of hydrogen-bond donors (Lipinski definition) is 1. The van der Waals surface area contributed by atoms with Crippen LogP contribution >= 0.6 is 11.3 Å². The minimum absolute atomic E-state index is 0.0176. The smallest absolute Gasteiger partial charge is 0.263 e. The zero-order valence-electron chi connectivity index (χ0n) is 13.0. The number of nitrogens with zero attached hydrogens (tertiary/aromatic N) is 3. The molecule has 2 saturated carbocycles. The van der Waals surface area contributed by atoms with Gasteiger partial charge in [0.2, 0.25) is 0 Å². The molecule has 1 aromatic rings. The van der Waals surface area contributed by atoms with Crippen LogP contribution in [0.3, 0.4) is 0 Å². The lowest BCUT2D eigenvalue weighted by atomic mass is 10.0. The molecule has 2 fully saturated rings. The summed E-state index contributed by atoms with van der Waals surface area (Å²) in [5, 5.41) is 12.4. The van der Waals surface area contributed by atoms with Crippen LogP contribution in [0.5, 0.6) is 0 Å². The molecule has 2 aliphatic carbocycles. The molecule has 0 saturated heterocycles. The fourth-order valence-corrected chi connectivity index (χ4v) is 4.01. The van der Waals surface area contributed by atoms with E-state index >= 15 is 0 Å². The van der Waals surface area contributed by atoms with Crippen LogP contribution in [0.15, 0.2) is 10.2 Å². The molecule has 1 aliphatic heterocycles. The molecule has 1 amide bonds. The highest BCUT2D eigenvalue weighted by atomic mass is 32.1. The summed E-state index contributed by atoms with van der Waals surface area (Å²) in [6.07, 6.45) is 12.2. The molecule has 0 bridgehead atoms. The third kappa shape index (κ3) is 3.30. The zero-order valence-corrected chi connectivity index (χ0v) is 13.9. The maximum absolute atomic E-state index is 12.5. The Morgan fingerprint density at radius 3 is 2.61 bits per heavy atom. The normalized spacial score (nSPS) is 21.0. The van der Waals surface area contributed by atoms with Gasteiger partial charge in [0.1, 0.15) is 4.88 Å². The number of nitrogens with one attached hydrogen (secondary N) is 1. The standard InChI is InChI=1S/C17H20N4OS/c1-2-3-8-17(20-21-17)9-10-18-15(22)14-13(11-4-5-11)19-16(23-14)12-6-7-12/h1,11-12H,3-10H2,(H,18,22). The van der Waals surface area contributed by atoms with E-state index in [2.05, 4.69) is 21.5 Å². The summed E-state index contributed by atoms with van der Waals surface area (Å²) in [4.78, 5) is 18.1. The van der Waals surface area contributed by atoms with Crippen LogP contribution in [0.1, 0.15) is 77.2 Å². The monoisotopic (exact) mass is 328 g/mol. The molecule has 3 aliphatic rings. The van der Waals surface area contributed by atoms with Gasteiger partial charge in [0.05, 0.1) is 10.7 Å². The number of carbonyl (C=O) groups excluding carboxylic acids is 1. The van der Waals surface area contributed by atoms with Crippen molar-refractivity contribution >= 4 is 17.2 Å². The molecule has 0 spiro atoms. The van der Waals surface area contributed by atoms with E-state index in [4.69, 9.17) is 11.4 Å². The molecule has 6 heteroatoms. The van der Waals surface area contributed by atoms with Gasteiger partial charge in [-0.3, -0.25) is 4.79 Å². The third-order valence-corrected chi connectivity index (χ3v) is 5.86. The van der Waals surface area contributed by atoms with E-state index in [0.717, 1.165) is 28.4 Å². The second-order valence-electron chi connectivity index (χ2n) is 6.71. The van der Waals surface area contributed by atoms with Gasteiger partial charge in [-0.05, 0) is 25.7 Å². The largest absolute Gasteiger partial charge is 0.351 e. The average Bonchev–Trinajstić information content (AvgIpc) is 3.41. The molecule has 0 atom stereocenters. The Morgan fingerprint density at radius 2 is 2.00 bits per heavy atom. The first-order valence-electron chi connectivity index (χ1n) is 8.37. The van der Waals surface area contributed by atoms with Crippen molar-refractivity contribution in [1.29, 1.82) is 0 Å². The van der Waals surface area contributed by atoms with Gasteiger partial charge >= 0.3 is 0 Å². The van der Waals surface area contributed by atoms with Crippen LogP contribution in [0.25, 0.3) is 0 Å². The average molecular weight is 328 g/mol. The van der Waals surface area contributed by atoms with E-state index < -0.39 is 0 Å². The lowest BCUT2D eigenvalue weighted by Gasteiger charge is -2.09. The molecule has 0 aromatic carbocycles. The second kappa shape index (κ2) is 5.72. The Labute approximate surface area is 140 Å². The number of rotatable bonds is 8. The highest BCUT2D eigenvalue weighted by molar-refractivity contribution is 7.14. The van der Waals surface area contributed by atoms with E-state index in [-0.39, 0.29) is 11.6 Å². The minimum Gasteiger partial charge on any atom is -0.351 e. The van der Waals surface area contributed by atoms with E-state index in [9.17, 15) is 4.79 Å². The predicted molar refractivity (Wildman–Crippen MR) is 88.7 cm³/mol. The molecular formula is C17H20N4OS. The van der Waals surface area contributed by atoms with Gasteiger partial charge in [0, 0.05) is 37.6 Å². The summed E-state index contributed by atoms with van der Waals surface area (Å²) in [7, 11) is 0. The van der Waals surface area contributed by atoms with Crippen LogP contribution in [-0.4, -0.2) is 23.1 Å². The lowest BCUT2D eigenvalue weighted by Crippen LogP contribution is -2.28. The Hall–Kier alpha value is -1.74. The fraction of sp³-hybridized carbons (Fsp3) is 0.647. The van der Waals surface area contributed by atoms with E-state index in [0.29, 0.717) is 24.8 Å². The number of terminal acetylenes is 1. The molecule has 1 N–H and O–H groups in total. The van der Waals surface area contributed by atoms with Crippen LogP contribution < -0.4 is 5.32 Å². The van der Waals surface area contributed by atoms with Crippen LogP contribution in [0.4, 0.5) is 0 Å². The third-order valence-electron chi connectivity index (χ3n) is 4.63. The summed E-state index contributed by atoms with van der Waals surface area (Å²) in [5.74, 6) is 3.75. The van der Waals surface area contributed by atoms with Gasteiger partial charge in [-0.1, -0.05) is 0 Å². The van der Waals surface area contributed by atoms with Gasteiger partial charge in [-0.25, -0.2) is 4.98 Å². The van der Waals surface area contributed by atoms with Gasteiger partial charge < -0.3 is 5.32 Å². The van der Waals surface area contributed by atoms with Gasteiger partial charge in [0.25, 0.3) is 5.91 Å².